The fourth-order valence-electron chi connectivity index (χ4n) is 2.28. The molecule has 3 rings (SSSR count). The number of benzene rings is 1. The number of carbonyl (C=O) groups excluding carboxylic acids is 1. The Bertz CT molecular complexity index is 981. The maximum Gasteiger partial charge on any atom is 0.261 e. The number of hydrogen-bond donors (Lipinski definition) is 1. The van der Waals surface area contributed by atoms with Gasteiger partial charge in [-0.2, -0.15) is 0 Å². The van der Waals surface area contributed by atoms with Crippen LogP contribution >= 0.6 is 43.2 Å². The first-order chi connectivity index (χ1) is 11.5. The molecule has 0 aliphatic heterocycles. The standard InChI is InChI=1S/C16H12Br2N2O3S/c1-23-9-4-2-3-8(7-9)5-6-10(21)14-19-15(22)11-12(17)13(18)24-16(11)20-14/h2-4,7H,5-6H2,1H3,(H,19,20,22). The monoisotopic (exact) mass is 470 g/mol. The van der Waals surface area contributed by atoms with Gasteiger partial charge in [0, 0.05) is 6.42 Å². The zero-order valence-electron chi connectivity index (χ0n) is 12.6. The lowest BCUT2D eigenvalue weighted by Crippen LogP contribution is -2.15. The number of methoxy groups -OCH3 is 1. The van der Waals surface area contributed by atoms with Crippen LogP contribution in [0.4, 0.5) is 0 Å². The minimum absolute atomic E-state index is 0.0941. The van der Waals surface area contributed by atoms with Crippen molar-refractivity contribution in [3.8, 4) is 5.75 Å². The van der Waals surface area contributed by atoms with E-state index in [0.717, 1.165) is 15.1 Å². The second kappa shape index (κ2) is 7.16. The van der Waals surface area contributed by atoms with Gasteiger partial charge < -0.3 is 9.72 Å². The Balaban J connectivity index is 1.82. The normalized spacial score (nSPS) is 11.0. The number of ether oxygens (including phenoxy) is 1. The van der Waals surface area contributed by atoms with E-state index in [1.807, 2.05) is 24.3 Å². The SMILES string of the molecule is COc1cccc(CCC(=O)c2nc3sc(Br)c(Br)c3c(=O)[nH]2)c1. The molecule has 3 aromatic rings. The number of thiophene rings is 1. The maximum absolute atomic E-state index is 12.4. The number of hydrogen-bond acceptors (Lipinski definition) is 5. The lowest BCUT2D eigenvalue weighted by Gasteiger charge is -2.04. The molecular weight excluding hydrogens is 460 g/mol. The quantitative estimate of drug-likeness (QED) is 0.562. The third kappa shape index (κ3) is 3.45. The van der Waals surface area contributed by atoms with Gasteiger partial charge in [0.1, 0.15) is 10.6 Å². The van der Waals surface area contributed by atoms with E-state index in [4.69, 9.17) is 4.74 Å². The first kappa shape index (κ1) is 17.3. The number of ketones is 1. The van der Waals surface area contributed by atoms with E-state index >= 15 is 0 Å². The number of fused-ring (bicyclic) bond motifs is 1. The number of nitrogens with zero attached hydrogens (tertiary/aromatic N) is 1. The van der Waals surface area contributed by atoms with E-state index in [2.05, 4.69) is 41.8 Å². The number of H-pyrrole nitrogens is 1. The van der Waals surface area contributed by atoms with Gasteiger partial charge in [-0.25, -0.2) is 4.98 Å². The third-order valence-electron chi connectivity index (χ3n) is 3.50. The molecule has 0 fully saturated rings. The van der Waals surface area contributed by atoms with Crippen LogP contribution in [0.15, 0.2) is 37.3 Å². The van der Waals surface area contributed by atoms with Crippen molar-refractivity contribution < 1.29 is 9.53 Å². The number of Topliss-reactive ketones (excluding diaryl/α,β-unsaturated/α-hetero) is 1. The number of rotatable bonds is 5. The van der Waals surface area contributed by atoms with Crippen LogP contribution in [0.3, 0.4) is 0 Å². The van der Waals surface area contributed by atoms with Crippen molar-refractivity contribution >= 4 is 59.2 Å². The summed E-state index contributed by atoms with van der Waals surface area (Å²) in [6.07, 6.45) is 0.810. The molecule has 0 atom stereocenters. The van der Waals surface area contributed by atoms with E-state index in [0.29, 0.717) is 21.1 Å². The summed E-state index contributed by atoms with van der Waals surface area (Å²) in [5, 5.41) is 0.455. The predicted molar refractivity (Wildman–Crippen MR) is 101 cm³/mol. The summed E-state index contributed by atoms with van der Waals surface area (Å²) in [4.78, 5) is 32.0. The zero-order chi connectivity index (χ0) is 17.3. The van der Waals surface area contributed by atoms with Gasteiger partial charge in [-0.1, -0.05) is 12.1 Å². The van der Waals surface area contributed by atoms with Crippen molar-refractivity contribution in [2.75, 3.05) is 7.11 Å². The van der Waals surface area contributed by atoms with Crippen LogP contribution in [0.25, 0.3) is 10.2 Å². The number of aryl methyl sites for hydroxylation is 1. The Morgan fingerprint density at radius 3 is 2.92 bits per heavy atom. The van der Waals surface area contributed by atoms with Crippen LogP contribution in [-0.4, -0.2) is 22.9 Å². The van der Waals surface area contributed by atoms with E-state index in [-0.39, 0.29) is 23.6 Å². The second-order valence-corrected chi connectivity index (χ2v) is 8.17. The Morgan fingerprint density at radius 1 is 1.38 bits per heavy atom. The van der Waals surface area contributed by atoms with Crippen molar-refractivity contribution in [3.63, 3.8) is 0 Å². The highest BCUT2D eigenvalue weighted by molar-refractivity contribution is 9.13. The first-order valence-electron chi connectivity index (χ1n) is 7.03. The van der Waals surface area contributed by atoms with Gasteiger partial charge in [0.15, 0.2) is 11.6 Å². The highest BCUT2D eigenvalue weighted by Crippen LogP contribution is 2.36. The molecule has 0 unspecified atom stereocenters. The van der Waals surface area contributed by atoms with Crippen molar-refractivity contribution in [3.05, 3.63) is 54.3 Å². The third-order valence-corrected chi connectivity index (χ3v) is 6.85. The molecule has 24 heavy (non-hydrogen) atoms. The van der Waals surface area contributed by atoms with Crippen LogP contribution in [0, 0.1) is 0 Å². The summed E-state index contributed by atoms with van der Waals surface area (Å²) in [6, 6.07) is 7.55. The first-order valence-corrected chi connectivity index (χ1v) is 9.44. The Morgan fingerprint density at radius 2 is 2.17 bits per heavy atom. The molecule has 1 aromatic carbocycles. The van der Waals surface area contributed by atoms with Gasteiger partial charge in [0.2, 0.25) is 0 Å². The molecule has 1 N–H and O–H groups in total. The van der Waals surface area contributed by atoms with Gasteiger partial charge in [-0.05, 0) is 56.0 Å². The molecule has 8 heteroatoms. The highest BCUT2D eigenvalue weighted by Gasteiger charge is 2.17. The summed E-state index contributed by atoms with van der Waals surface area (Å²) < 4.78 is 6.60. The molecule has 0 aliphatic rings. The second-order valence-electron chi connectivity index (χ2n) is 5.06. The van der Waals surface area contributed by atoms with Crippen molar-refractivity contribution in [2.45, 2.75) is 12.8 Å². The molecular formula is C16H12Br2N2O3S. The number of aromatic nitrogens is 2. The minimum Gasteiger partial charge on any atom is -0.497 e. The zero-order valence-corrected chi connectivity index (χ0v) is 16.5. The summed E-state index contributed by atoms with van der Waals surface area (Å²) >= 11 is 8.02. The molecule has 0 saturated heterocycles. The van der Waals surface area contributed by atoms with E-state index in [1.54, 1.807) is 7.11 Å². The summed E-state index contributed by atoms with van der Waals surface area (Å²) in [6.45, 7) is 0. The average Bonchev–Trinajstić information content (AvgIpc) is 2.87. The van der Waals surface area contributed by atoms with Gasteiger partial charge in [-0.3, -0.25) is 9.59 Å². The molecule has 124 valence electrons. The molecule has 5 nitrogen and oxygen atoms in total. The average molecular weight is 472 g/mol. The number of halogens is 2. The fourth-order valence-corrected chi connectivity index (χ4v) is 4.48. The van der Waals surface area contributed by atoms with Crippen molar-refractivity contribution in [1.82, 2.24) is 9.97 Å². The van der Waals surface area contributed by atoms with Crippen molar-refractivity contribution in [1.29, 1.82) is 0 Å². The van der Waals surface area contributed by atoms with E-state index in [9.17, 15) is 9.59 Å². The number of carbonyl (C=O) groups is 1. The van der Waals surface area contributed by atoms with Gasteiger partial charge in [-0.15, -0.1) is 11.3 Å². The van der Waals surface area contributed by atoms with Gasteiger partial charge >= 0.3 is 0 Å². The molecule has 0 amide bonds. The predicted octanol–water partition coefficient (Wildman–Crippen LogP) is 4.33. The van der Waals surface area contributed by atoms with Crippen molar-refractivity contribution in [2.24, 2.45) is 0 Å². The largest absolute Gasteiger partial charge is 0.497 e. The highest BCUT2D eigenvalue weighted by atomic mass is 79.9. The van der Waals surface area contributed by atoms with Crippen LogP contribution in [0.2, 0.25) is 0 Å². The van der Waals surface area contributed by atoms with E-state index in [1.165, 1.54) is 11.3 Å². The van der Waals surface area contributed by atoms with Gasteiger partial charge in [0.25, 0.3) is 5.56 Å². The molecule has 2 heterocycles. The molecule has 0 bridgehead atoms. The molecule has 0 spiro atoms. The number of nitrogens with one attached hydrogen (secondary N) is 1. The topological polar surface area (TPSA) is 72.0 Å². The van der Waals surface area contributed by atoms with Crippen LogP contribution in [-0.2, 0) is 6.42 Å². The fraction of sp³-hybridized carbons (Fsp3) is 0.188. The maximum atomic E-state index is 12.4. The summed E-state index contributed by atoms with van der Waals surface area (Å²) in [5.41, 5.74) is 0.672. The van der Waals surface area contributed by atoms with Crippen LogP contribution in [0.5, 0.6) is 5.75 Å². The Kier molecular flexibility index (Phi) is 5.17. The minimum atomic E-state index is -0.321. The van der Waals surface area contributed by atoms with Crippen LogP contribution < -0.4 is 10.3 Å². The van der Waals surface area contributed by atoms with Gasteiger partial charge in [0.05, 0.1) is 20.8 Å². The number of aromatic amines is 1. The smallest absolute Gasteiger partial charge is 0.261 e. The summed E-state index contributed by atoms with van der Waals surface area (Å²) in [5.74, 6) is 0.648. The molecule has 0 radical (unpaired) electrons. The molecule has 0 saturated carbocycles. The Labute approximate surface area is 158 Å². The van der Waals surface area contributed by atoms with Crippen LogP contribution in [0.1, 0.15) is 22.6 Å². The lowest BCUT2D eigenvalue weighted by atomic mass is 10.1. The molecule has 0 aliphatic carbocycles. The lowest BCUT2D eigenvalue weighted by molar-refractivity contribution is 0.0973. The van der Waals surface area contributed by atoms with E-state index < -0.39 is 0 Å². The molecule has 2 aromatic heterocycles. The Hall–Kier alpha value is -1.51. The summed E-state index contributed by atoms with van der Waals surface area (Å²) in [7, 11) is 1.60.